The zero-order valence-electron chi connectivity index (χ0n) is 16.2. The summed E-state index contributed by atoms with van der Waals surface area (Å²) >= 11 is 0. The monoisotopic (exact) mass is 358 g/mol. The molecule has 0 heterocycles. The smallest absolute Gasteiger partial charge is 0.0516 e. The molecular weight excluding hydrogens is 316 g/mol. The highest BCUT2D eigenvalue weighted by atomic mass is 16.3. The minimum Gasteiger partial charge on any atom is -0.396 e. The van der Waals surface area contributed by atoms with Crippen LogP contribution < -0.4 is 0 Å². The number of aliphatic hydroxyl groups excluding tert-OH is 4. The molecule has 0 bridgehead atoms. The number of hydrogen-bond acceptors (Lipinski definition) is 4. The van der Waals surface area contributed by atoms with Crippen molar-refractivity contribution in [2.75, 3.05) is 26.4 Å². The molecular formula is C21H42O4. The van der Waals surface area contributed by atoms with Crippen LogP contribution in [0.4, 0.5) is 0 Å². The SMILES string of the molecule is OCC1(CO)CCCCCCCCCCCCCCCC1(CO)CO. The van der Waals surface area contributed by atoms with Crippen LogP contribution in [0.3, 0.4) is 0 Å². The largest absolute Gasteiger partial charge is 0.396 e. The van der Waals surface area contributed by atoms with E-state index in [2.05, 4.69) is 0 Å². The van der Waals surface area contributed by atoms with Gasteiger partial charge in [-0.25, -0.2) is 0 Å². The maximum absolute atomic E-state index is 10.1. The van der Waals surface area contributed by atoms with Crippen molar-refractivity contribution in [2.45, 2.75) is 96.3 Å². The van der Waals surface area contributed by atoms with Gasteiger partial charge in [0.25, 0.3) is 0 Å². The van der Waals surface area contributed by atoms with Gasteiger partial charge < -0.3 is 20.4 Å². The second-order valence-corrected chi connectivity index (χ2v) is 8.29. The van der Waals surface area contributed by atoms with Crippen molar-refractivity contribution in [3.8, 4) is 0 Å². The molecule has 0 saturated heterocycles. The lowest BCUT2D eigenvalue weighted by Crippen LogP contribution is -2.52. The summed E-state index contributed by atoms with van der Waals surface area (Å²) in [4.78, 5) is 0. The van der Waals surface area contributed by atoms with Crippen LogP contribution in [0, 0.1) is 10.8 Å². The van der Waals surface area contributed by atoms with Crippen molar-refractivity contribution < 1.29 is 20.4 Å². The molecule has 150 valence electrons. The maximum atomic E-state index is 10.1. The van der Waals surface area contributed by atoms with Crippen LogP contribution in [-0.2, 0) is 0 Å². The molecule has 1 rings (SSSR count). The first-order valence-corrected chi connectivity index (χ1v) is 10.6. The molecule has 0 atom stereocenters. The zero-order valence-corrected chi connectivity index (χ0v) is 16.2. The normalized spacial score (nSPS) is 24.5. The van der Waals surface area contributed by atoms with Crippen LogP contribution in [0.5, 0.6) is 0 Å². The van der Waals surface area contributed by atoms with Crippen LogP contribution in [0.2, 0.25) is 0 Å². The lowest BCUT2D eigenvalue weighted by atomic mass is 9.60. The first-order valence-electron chi connectivity index (χ1n) is 10.6. The molecule has 0 aromatic carbocycles. The van der Waals surface area contributed by atoms with E-state index in [-0.39, 0.29) is 26.4 Å². The highest BCUT2D eigenvalue weighted by Gasteiger charge is 2.49. The van der Waals surface area contributed by atoms with Crippen molar-refractivity contribution in [3.63, 3.8) is 0 Å². The molecule has 1 fully saturated rings. The summed E-state index contributed by atoms with van der Waals surface area (Å²) in [5.74, 6) is 0. The Bertz CT molecular complexity index is 281. The van der Waals surface area contributed by atoms with E-state index in [1.165, 1.54) is 57.8 Å². The molecule has 4 N–H and O–H groups in total. The van der Waals surface area contributed by atoms with E-state index in [0.29, 0.717) is 12.8 Å². The van der Waals surface area contributed by atoms with E-state index in [1.54, 1.807) is 0 Å². The molecule has 0 aromatic rings. The van der Waals surface area contributed by atoms with Crippen LogP contribution in [0.1, 0.15) is 96.3 Å². The van der Waals surface area contributed by atoms with Crippen LogP contribution in [0.25, 0.3) is 0 Å². The molecule has 0 spiro atoms. The first kappa shape index (κ1) is 22.9. The van der Waals surface area contributed by atoms with Crippen LogP contribution in [-0.4, -0.2) is 46.9 Å². The minimum absolute atomic E-state index is 0.176. The Hall–Kier alpha value is -0.160. The topological polar surface area (TPSA) is 80.9 Å². The highest BCUT2D eigenvalue weighted by molar-refractivity contribution is 4.97. The standard InChI is InChI=1S/C21H42O4/c22-16-20(17-23)14-12-10-8-6-4-2-1-3-5-7-9-11-13-15-21(20,18-24)19-25/h22-25H,1-19H2. The number of rotatable bonds is 4. The molecule has 0 unspecified atom stereocenters. The third-order valence-corrected chi connectivity index (χ3v) is 6.65. The summed E-state index contributed by atoms with van der Waals surface area (Å²) in [7, 11) is 0. The second-order valence-electron chi connectivity index (χ2n) is 8.29. The Morgan fingerprint density at radius 1 is 0.360 bits per heavy atom. The Morgan fingerprint density at radius 2 is 0.560 bits per heavy atom. The van der Waals surface area contributed by atoms with Crippen molar-refractivity contribution in [2.24, 2.45) is 10.8 Å². The van der Waals surface area contributed by atoms with Gasteiger partial charge in [0.15, 0.2) is 0 Å². The molecule has 4 nitrogen and oxygen atoms in total. The van der Waals surface area contributed by atoms with Crippen LogP contribution in [0.15, 0.2) is 0 Å². The van der Waals surface area contributed by atoms with Gasteiger partial charge in [-0.2, -0.15) is 0 Å². The summed E-state index contributed by atoms with van der Waals surface area (Å²) < 4.78 is 0. The molecule has 1 saturated carbocycles. The molecule has 1 aliphatic rings. The number of hydrogen-bond donors (Lipinski definition) is 4. The van der Waals surface area contributed by atoms with Crippen LogP contribution >= 0.6 is 0 Å². The van der Waals surface area contributed by atoms with Gasteiger partial charge in [0.1, 0.15) is 0 Å². The quantitative estimate of drug-likeness (QED) is 0.616. The fraction of sp³-hybridized carbons (Fsp3) is 1.00. The van der Waals surface area contributed by atoms with Crippen molar-refractivity contribution >= 4 is 0 Å². The summed E-state index contributed by atoms with van der Waals surface area (Å²) in [6.07, 6.45) is 17.0. The Labute approximate surface area is 154 Å². The van der Waals surface area contributed by atoms with Crippen molar-refractivity contribution in [3.05, 3.63) is 0 Å². The molecule has 0 amide bonds. The van der Waals surface area contributed by atoms with Gasteiger partial charge in [-0.3, -0.25) is 0 Å². The first-order chi connectivity index (χ1) is 12.2. The lowest BCUT2D eigenvalue weighted by Gasteiger charge is -2.47. The van der Waals surface area contributed by atoms with Crippen molar-refractivity contribution in [1.82, 2.24) is 0 Å². The van der Waals surface area contributed by atoms with E-state index in [0.717, 1.165) is 25.7 Å². The number of aliphatic hydroxyl groups is 4. The Morgan fingerprint density at radius 3 is 0.760 bits per heavy atom. The second kappa shape index (κ2) is 13.1. The van der Waals surface area contributed by atoms with Gasteiger partial charge in [-0.15, -0.1) is 0 Å². The van der Waals surface area contributed by atoms with Crippen molar-refractivity contribution in [1.29, 1.82) is 0 Å². The van der Waals surface area contributed by atoms with E-state index in [1.807, 2.05) is 0 Å². The predicted molar refractivity (Wildman–Crippen MR) is 102 cm³/mol. The van der Waals surface area contributed by atoms with Gasteiger partial charge in [0, 0.05) is 10.8 Å². The third-order valence-electron chi connectivity index (χ3n) is 6.65. The highest BCUT2D eigenvalue weighted by Crippen LogP contribution is 2.46. The molecule has 1 aliphatic carbocycles. The summed E-state index contributed by atoms with van der Waals surface area (Å²) in [5.41, 5.74) is -1.57. The minimum atomic E-state index is -0.787. The molecule has 0 radical (unpaired) electrons. The average Bonchev–Trinajstić information content (AvgIpc) is 2.65. The molecule has 25 heavy (non-hydrogen) atoms. The van der Waals surface area contributed by atoms with E-state index in [9.17, 15) is 20.4 Å². The predicted octanol–water partition coefficient (Wildman–Crippen LogP) is 3.79. The van der Waals surface area contributed by atoms with E-state index >= 15 is 0 Å². The average molecular weight is 359 g/mol. The summed E-state index contributed by atoms with van der Waals surface area (Å²) in [6.45, 7) is -0.704. The van der Waals surface area contributed by atoms with Gasteiger partial charge in [-0.05, 0) is 12.8 Å². The maximum Gasteiger partial charge on any atom is 0.0516 e. The van der Waals surface area contributed by atoms with E-state index < -0.39 is 10.8 Å². The zero-order chi connectivity index (χ0) is 18.4. The fourth-order valence-corrected chi connectivity index (χ4v) is 4.49. The third kappa shape index (κ3) is 6.82. The Kier molecular flexibility index (Phi) is 12.0. The Balaban J connectivity index is 2.78. The van der Waals surface area contributed by atoms with E-state index in [4.69, 9.17) is 0 Å². The van der Waals surface area contributed by atoms with Gasteiger partial charge >= 0.3 is 0 Å². The fourth-order valence-electron chi connectivity index (χ4n) is 4.49. The van der Waals surface area contributed by atoms with Gasteiger partial charge in [0.05, 0.1) is 26.4 Å². The summed E-state index contributed by atoms with van der Waals surface area (Å²) in [6, 6.07) is 0. The van der Waals surface area contributed by atoms with Gasteiger partial charge in [0.2, 0.25) is 0 Å². The molecule has 0 aromatic heterocycles. The lowest BCUT2D eigenvalue weighted by molar-refractivity contribution is -0.124. The molecule has 4 heteroatoms. The van der Waals surface area contributed by atoms with Gasteiger partial charge in [-0.1, -0.05) is 83.5 Å². The molecule has 0 aliphatic heterocycles. The summed E-state index contributed by atoms with van der Waals surface area (Å²) in [5, 5.41) is 40.3.